The number of aliphatic hydroxyl groups is 1. The molecule has 5 nitrogen and oxygen atoms in total. The number of aromatic nitrogens is 1. The third-order valence-electron chi connectivity index (χ3n) is 5.33. The second-order valence-corrected chi connectivity index (χ2v) is 8.60. The first kappa shape index (κ1) is 17.5. The van der Waals surface area contributed by atoms with Crippen molar-refractivity contribution in [1.82, 2.24) is 10.3 Å². The number of ether oxygens (including phenoxy) is 1. The minimum absolute atomic E-state index is 0.0138. The van der Waals surface area contributed by atoms with Crippen molar-refractivity contribution in [2.24, 2.45) is 5.92 Å². The molecule has 1 atom stereocenters. The summed E-state index contributed by atoms with van der Waals surface area (Å²) < 4.78 is 5.59. The highest BCUT2D eigenvalue weighted by Gasteiger charge is 2.36. The SMILES string of the molecule is Cc1nc(C)c(CC(=O)NC(c2ccc3c(c2)CCO3)C2CC(O)C2)s1. The third kappa shape index (κ3) is 3.48. The first-order chi connectivity index (χ1) is 12.5. The molecule has 0 saturated heterocycles. The molecule has 1 unspecified atom stereocenters. The summed E-state index contributed by atoms with van der Waals surface area (Å²) in [6, 6.07) is 6.14. The standard InChI is InChI=1S/C20H24N2O3S/c1-11-18(26-12(2)21-11)10-19(24)22-20(15-8-16(23)9-15)14-3-4-17-13(7-14)5-6-25-17/h3-4,7,15-16,20,23H,5-6,8-10H2,1-2H3,(H,22,24). The highest BCUT2D eigenvalue weighted by atomic mass is 32.1. The molecule has 2 aromatic rings. The summed E-state index contributed by atoms with van der Waals surface area (Å²) in [4.78, 5) is 18.1. The summed E-state index contributed by atoms with van der Waals surface area (Å²) in [7, 11) is 0. The van der Waals surface area contributed by atoms with Crippen LogP contribution in [0.5, 0.6) is 5.75 Å². The lowest BCUT2D eigenvalue weighted by atomic mass is 9.74. The third-order valence-corrected chi connectivity index (χ3v) is 6.40. The van der Waals surface area contributed by atoms with Crippen LogP contribution in [0.25, 0.3) is 0 Å². The van der Waals surface area contributed by atoms with Gasteiger partial charge in [-0.05, 0) is 55.9 Å². The van der Waals surface area contributed by atoms with Crippen LogP contribution in [-0.2, 0) is 17.6 Å². The molecule has 0 spiro atoms. The van der Waals surface area contributed by atoms with Crippen molar-refractivity contribution in [1.29, 1.82) is 0 Å². The number of aliphatic hydroxyl groups excluding tert-OH is 1. The maximum atomic E-state index is 12.7. The van der Waals surface area contributed by atoms with Gasteiger partial charge in [0, 0.05) is 11.3 Å². The van der Waals surface area contributed by atoms with E-state index >= 15 is 0 Å². The monoisotopic (exact) mass is 372 g/mol. The van der Waals surface area contributed by atoms with Gasteiger partial charge < -0.3 is 15.2 Å². The lowest BCUT2D eigenvalue weighted by molar-refractivity contribution is -0.122. The first-order valence-corrected chi connectivity index (χ1v) is 9.97. The number of thiazole rings is 1. The molecule has 1 aliphatic carbocycles. The van der Waals surface area contributed by atoms with Crippen molar-refractivity contribution in [3.05, 3.63) is 44.9 Å². The molecule has 1 aliphatic heterocycles. The van der Waals surface area contributed by atoms with Crippen LogP contribution in [0.2, 0.25) is 0 Å². The normalized spacial score (nSPS) is 22.3. The lowest BCUT2D eigenvalue weighted by Crippen LogP contribution is -2.41. The van der Waals surface area contributed by atoms with Gasteiger partial charge in [-0.2, -0.15) is 0 Å². The Morgan fingerprint density at radius 2 is 2.23 bits per heavy atom. The molecule has 0 bridgehead atoms. The molecule has 4 rings (SSSR count). The van der Waals surface area contributed by atoms with Crippen molar-refractivity contribution in [3.8, 4) is 5.75 Å². The van der Waals surface area contributed by atoms with Gasteiger partial charge in [-0.15, -0.1) is 11.3 Å². The van der Waals surface area contributed by atoms with Crippen molar-refractivity contribution >= 4 is 17.2 Å². The quantitative estimate of drug-likeness (QED) is 0.847. The average molecular weight is 372 g/mol. The second kappa shape index (κ2) is 7.00. The highest BCUT2D eigenvalue weighted by molar-refractivity contribution is 7.11. The Morgan fingerprint density at radius 3 is 2.92 bits per heavy atom. The van der Waals surface area contributed by atoms with Crippen LogP contribution >= 0.6 is 11.3 Å². The Hall–Kier alpha value is -1.92. The van der Waals surface area contributed by atoms with Gasteiger partial charge in [0.25, 0.3) is 0 Å². The fourth-order valence-corrected chi connectivity index (χ4v) is 4.82. The van der Waals surface area contributed by atoms with Crippen LogP contribution in [0, 0.1) is 19.8 Å². The van der Waals surface area contributed by atoms with Crippen molar-refractivity contribution in [3.63, 3.8) is 0 Å². The summed E-state index contributed by atoms with van der Waals surface area (Å²) in [5.74, 6) is 1.24. The maximum absolute atomic E-state index is 12.7. The zero-order chi connectivity index (χ0) is 18.3. The van der Waals surface area contributed by atoms with Gasteiger partial charge in [-0.3, -0.25) is 4.79 Å². The van der Waals surface area contributed by atoms with Gasteiger partial charge in [-0.1, -0.05) is 6.07 Å². The van der Waals surface area contributed by atoms with Crippen LogP contribution in [0.3, 0.4) is 0 Å². The Bertz CT molecular complexity index is 826. The molecule has 2 aliphatic rings. The molecule has 26 heavy (non-hydrogen) atoms. The minimum atomic E-state index is -0.247. The maximum Gasteiger partial charge on any atom is 0.225 e. The van der Waals surface area contributed by atoms with Gasteiger partial charge in [0.05, 0.1) is 35.9 Å². The molecule has 1 amide bonds. The summed E-state index contributed by atoms with van der Waals surface area (Å²) in [6.45, 7) is 4.64. The van der Waals surface area contributed by atoms with Gasteiger partial charge in [0.2, 0.25) is 5.91 Å². The number of benzene rings is 1. The lowest BCUT2D eigenvalue weighted by Gasteiger charge is -2.38. The topological polar surface area (TPSA) is 71.5 Å². The van der Waals surface area contributed by atoms with E-state index in [1.165, 1.54) is 5.56 Å². The molecule has 138 valence electrons. The Kier molecular flexibility index (Phi) is 4.71. The van der Waals surface area contributed by atoms with E-state index in [0.717, 1.165) is 52.8 Å². The average Bonchev–Trinajstić information content (AvgIpc) is 3.15. The fraction of sp³-hybridized carbons (Fsp3) is 0.500. The zero-order valence-corrected chi connectivity index (χ0v) is 15.9. The molecular weight excluding hydrogens is 348 g/mol. The predicted octanol–water partition coefficient (Wildman–Crippen LogP) is 2.87. The Labute approximate surface area is 157 Å². The van der Waals surface area contributed by atoms with Crippen molar-refractivity contribution < 1.29 is 14.6 Å². The van der Waals surface area contributed by atoms with Gasteiger partial charge in [0.1, 0.15) is 5.75 Å². The van der Waals surface area contributed by atoms with Crippen LogP contribution in [-0.4, -0.2) is 28.7 Å². The summed E-state index contributed by atoms with van der Waals surface area (Å²) in [5.41, 5.74) is 3.25. The van der Waals surface area contributed by atoms with Crippen LogP contribution in [0.1, 0.15) is 45.6 Å². The number of fused-ring (bicyclic) bond motifs is 1. The number of rotatable bonds is 5. The Balaban J connectivity index is 1.52. The number of carbonyl (C=O) groups is 1. The molecule has 1 saturated carbocycles. The zero-order valence-electron chi connectivity index (χ0n) is 15.1. The molecule has 2 N–H and O–H groups in total. The van der Waals surface area contributed by atoms with Crippen LogP contribution in [0.4, 0.5) is 0 Å². The minimum Gasteiger partial charge on any atom is -0.493 e. The number of nitrogens with one attached hydrogen (secondary N) is 1. The molecule has 1 aromatic carbocycles. The number of aryl methyl sites for hydroxylation is 2. The predicted molar refractivity (Wildman–Crippen MR) is 101 cm³/mol. The van der Waals surface area contributed by atoms with E-state index in [-0.39, 0.29) is 24.0 Å². The number of carbonyl (C=O) groups excluding carboxylic acids is 1. The van der Waals surface area contributed by atoms with E-state index in [2.05, 4.69) is 16.4 Å². The Morgan fingerprint density at radius 1 is 1.42 bits per heavy atom. The molecule has 0 radical (unpaired) electrons. The fourth-order valence-electron chi connectivity index (χ4n) is 3.88. The molecule has 1 aromatic heterocycles. The molecule has 2 heterocycles. The summed E-state index contributed by atoms with van der Waals surface area (Å²) in [6.07, 6.45) is 2.49. The van der Waals surface area contributed by atoms with E-state index in [9.17, 15) is 9.90 Å². The smallest absolute Gasteiger partial charge is 0.225 e. The van der Waals surface area contributed by atoms with Crippen LogP contribution < -0.4 is 10.1 Å². The number of amides is 1. The van der Waals surface area contributed by atoms with E-state index in [1.54, 1.807) is 11.3 Å². The number of nitrogens with zero attached hydrogens (tertiary/aromatic N) is 1. The van der Waals surface area contributed by atoms with Crippen molar-refractivity contribution in [2.75, 3.05) is 6.61 Å². The molecular formula is C20H24N2O3S. The summed E-state index contributed by atoms with van der Waals surface area (Å²) >= 11 is 1.58. The van der Waals surface area contributed by atoms with Gasteiger partial charge in [0.15, 0.2) is 0 Å². The number of hydrogen-bond acceptors (Lipinski definition) is 5. The highest BCUT2D eigenvalue weighted by Crippen LogP contribution is 2.39. The van der Waals surface area contributed by atoms with Gasteiger partial charge >= 0.3 is 0 Å². The van der Waals surface area contributed by atoms with E-state index < -0.39 is 0 Å². The first-order valence-electron chi connectivity index (χ1n) is 9.15. The molecule has 6 heteroatoms. The van der Waals surface area contributed by atoms with E-state index in [4.69, 9.17) is 4.74 Å². The summed E-state index contributed by atoms with van der Waals surface area (Å²) in [5, 5.41) is 13.9. The largest absolute Gasteiger partial charge is 0.493 e. The van der Waals surface area contributed by atoms with Crippen LogP contribution in [0.15, 0.2) is 18.2 Å². The van der Waals surface area contributed by atoms with E-state index in [1.807, 2.05) is 26.0 Å². The number of hydrogen-bond donors (Lipinski definition) is 2. The van der Waals surface area contributed by atoms with E-state index in [0.29, 0.717) is 6.42 Å². The van der Waals surface area contributed by atoms with Crippen molar-refractivity contribution in [2.45, 2.75) is 51.7 Å². The second-order valence-electron chi connectivity index (χ2n) is 7.31. The van der Waals surface area contributed by atoms with Gasteiger partial charge in [-0.25, -0.2) is 4.98 Å². The molecule has 1 fully saturated rings.